The topological polar surface area (TPSA) is 95.1 Å². The molecule has 0 aliphatic carbocycles. The van der Waals surface area contributed by atoms with Crippen LogP contribution in [0.1, 0.15) is 23.3 Å². The highest BCUT2D eigenvalue weighted by atomic mass is 32.2. The molecule has 0 saturated carbocycles. The summed E-state index contributed by atoms with van der Waals surface area (Å²) in [6.45, 7) is 4.42. The number of para-hydroxylation sites is 2. The molecule has 1 amide bonds. The second kappa shape index (κ2) is 10.2. The minimum Gasteiger partial charge on any atom is -0.492 e. The summed E-state index contributed by atoms with van der Waals surface area (Å²) in [7, 11) is 0. The van der Waals surface area contributed by atoms with Crippen molar-refractivity contribution in [3.8, 4) is 17.1 Å². The van der Waals surface area contributed by atoms with Gasteiger partial charge in [-0.2, -0.15) is 0 Å². The van der Waals surface area contributed by atoms with E-state index in [0.717, 1.165) is 16.7 Å². The Kier molecular flexibility index (Phi) is 6.95. The number of hydrogen-bond acceptors (Lipinski definition) is 6. The molecule has 33 heavy (non-hydrogen) atoms. The summed E-state index contributed by atoms with van der Waals surface area (Å²) in [5, 5.41) is 11.4. The van der Waals surface area contributed by atoms with Gasteiger partial charge in [-0.3, -0.25) is 4.79 Å². The Balaban J connectivity index is 1.63. The van der Waals surface area contributed by atoms with E-state index < -0.39 is 5.25 Å². The lowest BCUT2D eigenvalue weighted by molar-refractivity contribution is -0.115. The predicted molar refractivity (Wildman–Crippen MR) is 132 cm³/mol. The average Bonchev–Trinajstić information content (AvgIpc) is 3.20. The molecule has 3 N–H and O–H groups in total. The predicted octanol–water partition coefficient (Wildman–Crippen LogP) is 4.84. The molecular weight excluding hydrogens is 434 g/mol. The van der Waals surface area contributed by atoms with Gasteiger partial charge in [-0.15, -0.1) is 10.2 Å². The number of nitrogens with two attached hydrogens (primary N) is 1. The first-order valence-electron chi connectivity index (χ1n) is 10.6. The molecule has 168 valence electrons. The van der Waals surface area contributed by atoms with Crippen molar-refractivity contribution < 1.29 is 9.53 Å². The Bertz CT molecular complexity index is 1230. The van der Waals surface area contributed by atoms with Crippen LogP contribution < -0.4 is 15.9 Å². The summed E-state index contributed by atoms with van der Waals surface area (Å²) < 4.78 is 7.08. The number of nitrogen functional groups attached to an aromatic ring is 1. The van der Waals surface area contributed by atoms with Crippen LogP contribution in [0.5, 0.6) is 5.75 Å². The molecule has 0 aliphatic rings. The number of carbonyl (C=O) groups excluding carboxylic acids is 1. The minimum atomic E-state index is -0.599. The van der Waals surface area contributed by atoms with Gasteiger partial charge in [-0.25, -0.2) is 4.68 Å². The summed E-state index contributed by atoms with van der Waals surface area (Å²) in [4.78, 5) is 13.4. The Morgan fingerprint density at radius 3 is 2.45 bits per heavy atom. The van der Waals surface area contributed by atoms with Gasteiger partial charge in [-0.05, 0) is 31.5 Å². The zero-order valence-electron chi connectivity index (χ0n) is 18.4. The Labute approximate surface area is 197 Å². The highest BCUT2D eigenvalue weighted by Crippen LogP contribution is 2.37. The maximum atomic E-state index is 13.4. The molecule has 4 rings (SSSR count). The smallest absolute Gasteiger partial charge is 0.242 e. The normalized spacial score (nSPS) is 11.7. The zero-order valence-corrected chi connectivity index (χ0v) is 19.3. The lowest BCUT2D eigenvalue weighted by atomic mass is 10.1. The third-order valence-electron chi connectivity index (χ3n) is 4.98. The van der Waals surface area contributed by atoms with Gasteiger partial charge >= 0.3 is 0 Å². The number of rotatable bonds is 8. The monoisotopic (exact) mass is 459 g/mol. The minimum absolute atomic E-state index is 0.210. The number of thioether (sulfide) groups is 1. The molecule has 0 bridgehead atoms. The van der Waals surface area contributed by atoms with Crippen molar-refractivity contribution in [3.05, 3.63) is 90.0 Å². The zero-order chi connectivity index (χ0) is 23.2. The molecule has 0 spiro atoms. The number of ether oxygens (including phenoxy) is 1. The molecule has 1 heterocycles. The number of amides is 1. The van der Waals surface area contributed by atoms with E-state index in [1.54, 1.807) is 0 Å². The van der Waals surface area contributed by atoms with E-state index in [1.165, 1.54) is 16.4 Å². The van der Waals surface area contributed by atoms with E-state index in [1.807, 2.05) is 92.7 Å². The summed E-state index contributed by atoms with van der Waals surface area (Å²) in [5.74, 6) is 7.28. The standard InChI is InChI=1S/C25H25N5O2S/c1-3-32-21-12-8-7-11-20(21)27-24(31)22(18-9-5-4-6-10-18)33-25-29-28-23(30(25)26)19-15-13-17(2)14-16-19/h4-16,22H,3,26H2,1-2H3,(H,27,31). The van der Waals surface area contributed by atoms with Crippen LogP contribution in [0.2, 0.25) is 0 Å². The fraction of sp³-hybridized carbons (Fsp3) is 0.160. The second-order valence-electron chi connectivity index (χ2n) is 7.37. The van der Waals surface area contributed by atoms with E-state index in [4.69, 9.17) is 10.6 Å². The maximum absolute atomic E-state index is 13.4. The van der Waals surface area contributed by atoms with E-state index >= 15 is 0 Å². The van der Waals surface area contributed by atoms with E-state index in [2.05, 4.69) is 15.5 Å². The Hall–Kier alpha value is -3.78. The van der Waals surface area contributed by atoms with Crippen LogP contribution in [0, 0.1) is 6.92 Å². The lowest BCUT2D eigenvalue weighted by Crippen LogP contribution is -2.21. The second-order valence-corrected chi connectivity index (χ2v) is 8.44. The van der Waals surface area contributed by atoms with Gasteiger partial charge in [0.15, 0.2) is 5.82 Å². The molecule has 1 unspecified atom stereocenters. The number of nitrogens with one attached hydrogen (secondary N) is 1. The number of hydrogen-bond donors (Lipinski definition) is 2. The van der Waals surface area contributed by atoms with E-state index in [0.29, 0.717) is 29.0 Å². The number of aryl methyl sites for hydroxylation is 1. The number of carbonyl (C=O) groups is 1. The van der Waals surface area contributed by atoms with Gasteiger partial charge in [0, 0.05) is 5.56 Å². The molecule has 8 heteroatoms. The SMILES string of the molecule is CCOc1ccccc1NC(=O)C(Sc1nnc(-c2ccc(C)cc2)n1N)c1ccccc1. The number of aromatic nitrogens is 3. The third kappa shape index (κ3) is 5.18. The van der Waals surface area contributed by atoms with Crippen LogP contribution in [0.15, 0.2) is 84.0 Å². The van der Waals surface area contributed by atoms with Crippen molar-refractivity contribution in [1.29, 1.82) is 0 Å². The van der Waals surface area contributed by atoms with Crippen LogP contribution in [-0.2, 0) is 4.79 Å². The lowest BCUT2D eigenvalue weighted by Gasteiger charge is -2.18. The van der Waals surface area contributed by atoms with Crippen molar-refractivity contribution in [1.82, 2.24) is 14.9 Å². The molecule has 3 aromatic carbocycles. The average molecular weight is 460 g/mol. The fourth-order valence-electron chi connectivity index (χ4n) is 3.31. The third-order valence-corrected chi connectivity index (χ3v) is 6.19. The Morgan fingerprint density at radius 1 is 1.03 bits per heavy atom. The molecule has 1 atom stereocenters. The molecule has 0 fully saturated rings. The highest BCUT2D eigenvalue weighted by Gasteiger charge is 2.26. The molecule has 0 aliphatic heterocycles. The van der Waals surface area contributed by atoms with Gasteiger partial charge in [0.05, 0.1) is 12.3 Å². The van der Waals surface area contributed by atoms with Crippen LogP contribution in [0.3, 0.4) is 0 Å². The van der Waals surface area contributed by atoms with Crippen LogP contribution >= 0.6 is 11.8 Å². The molecule has 7 nitrogen and oxygen atoms in total. The van der Waals surface area contributed by atoms with E-state index in [9.17, 15) is 4.79 Å². The largest absolute Gasteiger partial charge is 0.492 e. The van der Waals surface area contributed by atoms with Crippen molar-refractivity contribution in [2.75, 3.05) is 17.8 Å². The Morgan fingerprint density at radius 2 is 1.73 bits per heavy atom. The number of nitrogens with zero attached hydrogens (tertiary/aromatic N) is 3. The molecular formula is C25H25N5O2S. The van der Waals surface area contributed by atoms with Gasteiger partial charge in [-0.1, -0.05) is 84.1 Å². The number of benzene rings is 3. The van der Waals surface area contributed by atoms with Crippen molar-refractivity contribution in [2.45, 2.75) is 24.3 Å². The molecule has 0 radical (unpaired) electrons. The van der Waals surface area contributed by atoms with Crippen molar-refractivity contribution in [2.24, 2.45) is 0 Å². The van der Waals surface area contributed by atoms with Crippen molar-refractivity contribution in [3.63, 3.8) is 0 Å². The molecule has 4 aromatic rings. The van der Waals surface area contributed by atoms with Crippen LogP contribution in [-0.4, -0.2) is 27.4 Å². The summed E-state index contributed by atoms with van der Waals surface area (Å²) in [6.07, 6.45) is 0. The van der Waals surface area contributed by atoms with Gasteiger partial charge in [0.25, 0.3) is 0 Å². The maximum Gasteiger partial charge on any atom is 0.242 e. The summed E-state index contributed by atoms with van der Waals surface area (Å²) in [6, 6.07) is 24.8. The van der Waals surface area contributed by atoms with Gasteiger partial charge in [0.2, 0.25) is 11.1 Å². The van der Waals surface area contributed by atoms with Gasteiger partial charge < -0.3 is 15.9 Å². The highest BCUT2D eigenvalue weighted by molar-refractivity contribution is 8.00. The summed E-state index contributed by atoms with van der Waals surface area (Å²) >= 11 is 1.25. The van der Waals surface area contributed by atoms with Crippen LogP contribution in [0.4, 0.5) is 5.69 Å². The molecule has 0 saturated heterocycles. The first-order chi connectivity index (χ1) is 16.1. The van der Waals surface area contributed by atoms with Gasteiger partial charge in [0.1, 0.15) is 11.0 Å². The first-order valence-corrected chi connectivity index (χ1v) is 11.5. The summed E-state index contributed by atoms with van der Waals surface area (Å²) in [5.41, 5.74) is 3.44. The van der Waals surface area contributed by atoms with Crippen LogP contribution in [0.25, 0.3) is 11.4 Å². The molecule has 1 aromatic heterocycles. The van der Waals surface area contributed by atoms with E-state index in [-0.39, 0.29) is 5.91 Å². The quantitative estimate of drug-likeness (QED) is 0.289. The number of anilines is 1. The first kappa shape index (κ1) is 22.4. The van der Waals surface area contributed by atoms with Crippen molar-refractivity contribution >= 4 is 23.4 Å². The fourth-order valence-corrected chi connectivity index (χ4v) is 4.27.